The standard InChI is InChI=1S/C12H22N2OS/c1-12(2,3)16-9-10(15)5-6-11-13-7-8-14(11)4/h7-8,10,15H,5-6,9H2,1-4H3. The predicted octanol–water partition coefficient (Wildman–Crippen LogP) is 2.25. The lowest BCUT2D eigenvalue weighted by atomic mass is 10.2. The molecule has 0 spiro atoms. The molecule has 3 nitrogen and oxygen atoms in total. The van der Waals surface area contributed by atoms with E-state index in [4.69, 9.17) is 0 Å². The van der Waals surface area contributed by atoms with Crippen molar-refractivity contribution in [3.63, 3.8) is 0 Å². The van der Waals surface area contributed by atoms with Gasteiger partial charge >= 0.3 is 0 Å². The molecule has 0 fully saturated rings. The summed E-state index contributed by atoms with van der Waals surface area (Å²) in [6, 6.07) is 0. The van der Waals surface area contributed by atoms with E-state index in [0.29, 0.717) is 0 Å². The van der Waals surface area contributed by atoms with Crippen LogP contribution < -0.4 is 0 Å². The number of thioether (sulfide) groups is 1. The summed E-state index contributed by atoms with van der Waals surface area (Å²) in [6.45, 7) is 6.51. The van der Waals surface area contributed by atoms with Crippen molar-refractivity contribution in [1.82, 2.24) is 9.55 Å². The van der Waals surface area contributed by atoms with Gasteiger partial charge in [0.15, 0.2) is 0 Å². The molecule has 4 heteroatoms. The van der Waals surface area contributed by atoms with Gasteiger partial charge in [0.25, 0.3) is 0 Å². The fourth-order valence-corrected chi connectivity index (χ4v) is 2.22. The lowest BCUT2D eigenvalue weighted by molar-refractivity contribution is 0.188. The molecular weight excluding hydrogens is 220 g/mol. The van der Waals surface area contributed by atoms with Crippen molar-refractivity contribution in [1.29, 1.82) is 0 Å². The molecule has 16 heavy (non-hydrogen) atoms. The second-order valence-corrected chi connectivity index (χ2v) is 6.92. The van der Waals surface area contributed by atoms with Crippen LogP contribution in [0.15, 0.2) is 12.4 Å². The van der Waals surface area contributed by atoms with E-state index < -0.39 is 0 Å². The second-order valence-electron chi connectivity index (χ2n) is 5.07. The zero-order valence-corrected chi connectivity index (χ0v) is 11.4. The average Bonchev–Trinajstić information content (AvgIpc) is 2.57. The highest BCUT2D eigenvalue weighted by atomic mass is 32.2. The van der Waals surface area contributed by atoms with Crippen LogP contribution >= 0.6 is 11.8 Å². The van der Waals surface area contributed by atoms with Crippen LogP contribution in [-0.4, -0.2) is 31.3 Å². The zero-order chi connectivity index (χ0) is 12.2. The van der Waals surface area contributed by atoms with Crippen molar-refractivity contribution in [2.75, 3.05) is 5.75 Å². The molecule has 1 N–H and O–H groups in total. The van der Waals surface area contributed by atoms with E-state index in [1.54, 1.807) is 18.0 Å². The first kappa shape index (κ1) is 13.6. The predicted molar refractivity (Wildman–Crippen MR) is 69.7 cm³/mol. The number of aromatic nitrogens is 2. The number of imidazole rings is 1. The first-order valence-electron chi connectivity index (χ1n) is 5.67. The highest BCUT2D eigenvalue weighted by molar-refractivity contribution is 8.00. The summed E-state index contributed by atoms with van der Waals surface area (Å²) in [4.78, 5) is 4.24. The zero-order valence-electron chi connectivity index (χ0n) is 10.6. The third-order valence-electron chi connectivity index (χ3n) is 2.33. The van der Waals surface area contributed by atoms with E-state index in [2.05, 4.69) is 25.8 Å². The summed E-state index contributed by atoms with van der Waals surface area (Å²) in [5.74, 6) is 1.84. The van der Waals surface area contributed by atoms with Crippen LogP contribution in [0.2, 0.25) is 0 Å². The van der Waals surface area contributed by atoms with Crippen LogP contribution in [0.1, 0.15) is 33.0 Å². The molecule has 0 aromatic carbocycles. The maximum Gasteiger partial charge on any atom is 0.108 e. The molecule has 1 unspecified atom stereocenters. The molecular formula is C12H22N2OS. The molecule has 1 atom stereocenters. The van der Waals surface area contributed by atoms with Crippen LogP contribution in [0.5, 0.6) is 0 Å². The molecule has 1 heterocycles. The Balaban J connectivity index is 2.25. The average molecular weight is 242 g/mol. The third-order valence-corrected chi connectivity index (χ3v) is 3.75. The minimum atomic E-state index is -0.235. The fraction of sp³-hybridized carbons (Fsp3) is 0.750. The highest BCUT2D eigenvalue weighted by Gasteiger charge is 2.14. The molecule has 0 bridgehead atoms. The van der Waals surface area contributed by atoms with Crippen molar-refractivity contribution in [3.8, 4) is 0 Å². The van der Waals surface area contributed by atoms with Gasteiger partial charge in [-0.25, -0.2) is 4.98 Å². The minimum Gasteiger partial charge on any atom is -0.392 e. The summed E-state index contributed by atoms with van der Waals surface area (Å²) in [7, 11) is 1.98. The van der Waals surface area contributed by atoms with Crippen LogP contribution in [0.25, 0.3) is 0 Å². The molecule has 0 aliphatic carbocycles. The van der Waals surface area contributed by atoms with Crippen LogP contribution in [0.3, 0.4) is 0 Å². The summed E-state index contributed by atoms with van der Waals surface area (Å²) in [5.41, 5.74) is 0. The first-order chi connectivity index (χ1) is 7.38. The highest BCUT2D eigenvalue weighted by Crippen LogP contribution is 2.24. The molecule has 1 rings (SSSR count). The Labute approximate surface area is 102 Å². The molecule has 0 saturated carbocycles. The van der Waals surface area contributed by atoms with Crippen molar-refractivity contribution in [2.45, 2.75) is 44.5 Å². The van der Waals surface area contributed by atoms with E-state index in [1.165, 1.54) is 0 Å². The number of hydrogen-bond acceptors (Lipinski definition) is 3. The number of aliphatic hydroxyl groups is 1. The van der Waals surface area contributed by atoms with Gasteiger partial charge in [0.05, 0.1) is 6.10 Å². The Morgan fingerprint density at radius 2 is 2.19 bits per heavy atom. The van der Waals surface area contributed by atoms with Crippen molar-refractivity contribution in [2.24, 2.45) is 7.05 Å². The maximum atomic E-state index is 9.84. The molecule has 0 amide bonds. The monoisotopic (exact) mass is 242 g/mol. The summed E-state index contributed by atoms with van der Waals surface area (Å²) in [5, 5.41) is 9.84. The molecule has 92 valence electrons. The molecule has 0 saturated heterocycles. The van der Waals surface area contributed by atoms with Crippen molar-refractivity contribution in [3.05, 3.63) is 18.2 Å². The summed E-state index contributed by atoms with van der Waals surface area (Å²) in [6.07, 6.45) is 5.13. The van der Waals surface area contributed by atoms with Gasteiger partial charge < -0.3 is 9.67 Å². The molecule has 1 aromatic rings. The van der Waals surface area contributed by atoms with E-state index >= 15 is 0 Å². The van der Waals surface area contributed by atoms with Gasteiger partial charge in [-0.1, -0.05) is 20.8 Å². The summed E-state index contributed by atoms with van der Waals surface area (Å²) < 4.78 is 2.23. The number of aryl methyl sites for hydroxylation is 2. The van der Waals surface area contributed by atoms with E-state index in [9.17, 15) is 5.11 Å². The van der Waals surface area contributed by atoms with Crippen LogP contribution in [0, 0.1) is 0 Å². The van der Waals surface area contributed by atoms with Gasteiger partial charge in [0.2, 0.25) is 0 Å². The lowest BCUT2D eigenvalue weighted by Crippen LogP contribution is -2.18. The van der Waals surface area contributed by atoms with Gasteiger partial charge in [0.1, 0.15) is 5.82 Å². The normalized spacial score (nSPS) is 14.1. The smallest absolute Gasteiger partial charge is 0.108 e. The van der Waals surface area contributed by atoms with E-state index in [0.717, 1.165) is 24.4 Å². The Morgan fingerprint density at radius 3 is 2.69 bits per heavy atom. The molecule has 1 aromatic heterocycles. The Hall–Kier alpha value is -0.480. The van der Waals surface area contributed by atoms with Gasteiger partial charge in [-0.15, -0.1) is 0 Å². The molecule has 0 aliphatic rings. The number of hydrogen-bond donors (Lipinski definition) is 1. The first-order valence-corrected chi connectivity index (χ1v) is 6.65. The number of rotatable bonds is 5. The van der Waals surface area contributed by atoms with Crippen molar-refractivity contribution >= 4 is 11.8 Å². The SMILES string of the molecule is Cn1ccnc1CCC(O)CSC(C)(C)C. The minimum absolute atomic E-state index is 0.226. The maximum absolute atomic E-state index is 9.84. The third kappa shape index (κ3) is 5.03. The van der Waals surface area contributed by atoms with Crippen LogP contribution in [0.4, 0.5) is 0 Å². The Bertz CT molecular complexity index is 317. The van der Waals surface area contributed by atoms with Gasteiger partial charge in [0, 0.05) is 36.4 Å². The lowest BCUT2D eigenvalue weighted by Gasteiger charge is -2.19. The Morgan fingerprint density at radius 1 is 1.50 bits per heavy atom. The Kier molecular flexibility index (Phi) is 4.87. The number of nitrogens with zero attached hydrogens (tertiary/aromatic N) is 2. The topological polar surface area (TPSA) is 38.0 Å². The van der Waals surface area contributed by atoms with Gasteiger partial charge in [-0.3, -0.25) is 0 Å². The van der Waals surface area contributed by atoms with Crippen LogP contribution in [-0.2, 0) is 13.5 Å². The van der Waals surface area contributed by atoms with Gasteiger partial charge in [-0.2, -0.15) is 11.8 Å². The van der Waals surface area contributed by atoms with Gasteiger partial charge in [-0.05, 0) is 6.42 Å². The molecule has 0 radical (unpaired) electrons. The van der Waals surface area contributed by atoms with Crippen molar-refractivity contribution < 1.29 is 5.11 Å². The second kappa shape index (κ2) is 5.73. The quantitative estimate of drug-likeness (QED) is 0.860. The fourth-order valence-electron chi connectivity index (χ4n) is 1.36. The molecule has 0 aliphatic heterocycles. The largest absolute Gasteiger partial charge is 0.392 e. The summed E-state index contributed by atoms with van der Waals surface area (Å²) >= 11 is 1.81. The van der Waals surface area contributed by atoms with E-state index in [-0.39, 0.29) is 10.9 Å². The number of aliphatic hydroxyl groups excluding tert-OH is 1. The van der Waals surface area contributed by atoms with E-state index in [1.807, 2.05) is 17.8 Å².